The van der Waals surface area contributed by atoms with Gasteiger partial charge in [-0.3, -0.25) is 4.79 Å². The molecule has 21 heavy (non-hydrogen) atoms. The summed E-state index contributed by atoms with van der Waals surface area (Å²) in [4.78, 5) is 12.6. The number of thioether (sulfide) groups is 1. The number of fused-ring (bicyclic) bond motifs is 3. The standard InChI is InChI=1S/C15H9ClN2OS2/c16-10-3-1-8(2-4-10)12-6-11-14-9(5-13(19)17-18-14)7-20-15(11)21-12/h1-6H,7H2,(H,17,19). The van der Waals surface area contributed by atoms with Crippen LogP contribution in [0.4, 0.5) is 0 Å². The topological polar surface area (TPSA) is 45.8 Å². The van der Waals surface area contributed by atoms with E-state index < -0.39 is 0 Å². The summed E-state index contributed by atoms with van der Waals surface area (Å²) in [5, 5.41) is 7.48. The molecule has 104 valence electrons. The normalized spacial score (nSPS) is 12.8. The van der Waals surface area contributed by atoms with Crippen molar-refractivity contribution in [2.45, 2.75) is 9.96 Å². The summed E-state index contributed by atoms with van der Waals surface area (Å²) in [5.41, 5.74) is 3.99. The highest BCUT2D eigenvalue weighted by molar-refractivity contribution is 8.00. The molecular formula is C15H9ClN2OS2. The summed E-state index contributed by atoms with van der Waals surface area (Å²) in [7, 11) is 0. The lowest BCUT2D eigenvalue weighted by molar-refractivity contribution is 0.974. The molecule has 0 amide bonds. The predicted octanol–water partition coefficient (Wildman–Crippen LogP) is 4.42. The van der Waals surface area contributed by atoms with Crippen molar-refractivity contribution in [2.24, 2.45) is 0 Å². The Balaban J connectivity index is 1.85. The van der Waals surface area contributed by atoms with Crippen molar-refractivity contribution in [1.29, 1.82) is 0 Å². The van der Waals surface area contributed by atoms with E-state index in [1.165, 1.54) is 9.09 Å². The lowest BCUT2D eigenvalue weighted by atomic mass is 10.1. The maximum atomic E-state index is 11.4. The number of halogens is 1. The van der Waals surface area contributed by atoms with E-state index in [0.29, 0.717) is 0 Å². The summed E-state index contributed by atoms with van der Waals surface area (Å²) in [5.74, 6) is 0.791. The summed E-state index contributed by atoms with van der Waals surface area (Å²) in [6, 6.07) is 11.6. The van der Waals surface area contributed by atoms with E-state index in [9.17, 15) is 4.79 Å². The van der Waals surface area contributed by atoms with Crippen LogP contribution in [0, 0.1) is 0 Å². The molecule has 2 aromatic heterocycles. The predicted molar refractivity (Wildman–Crippen MR) is 88.2 cm³/mol. The van der Waals surface area contributed by atoms with Gasteiger partial charge in [0.2, 0.25) is 0 Å². The summed E-state index contributed by atoms with van der Waals surface area (Å²) < 4.78 is 1.24. The Bertz CT molecular complexity index is 883. The third kappa shape index (κ3) is 2.31. The molecule has 0 unspecified atom stereocenters. The van der Waals surface area contributed by atoms with Crippen molar-refractivity contribution in [3.05, 3.63) is 57.3 Å². The SMILES string of the molecule is O=c1cc2c(n[nH]1)-c1cc(-c3ccc(Cl)cc3)sc1SC2. The van der Waals surface area contributed by atoms with Gasteiger partial charge in [0.05, 0.1) is 9.90 Å². The van der Waals surface area contributed by atoms with Crippen LogP contribution in [0.15, 0.2) is 45.4 Å². The maximum absolute atomic E-state index is 11.4. The fourth-order valence-electron chi connectivity index (χ4n) is 2.33. The molecule has 4 rings (SSSR count). The summed E-state index contributed by atoms with van der Waals surface area (Å²) in [6.07, 6.45) is 0. The molecule has 3 aromatic rings. The summed E-state index contributed by atoms with van der Waals surface area (Å²) >= 11 is 9.45. The zero-order valence-corrected chi connectivity index (χ0v) is 13.1. The van der Waals surface area contributed by atoms with Crippen molar-refractivity contribution < 1.29 is 0 Å². The molecule has 0 fully saturated rings. The molecule has 1 aliphatic heterocycles. The third-order valence-electron chi connectivity index (χ3n) is 3.33. The Morgan fingerprint density at radius 3 is 2.81 bits per heavy atom. The van der Waals surface area contributed by atoms with Crippen molar-refractivity contribution in [1.82, 2.24) is 10.2 Å². The Hall–Kier alpha value is -1.56. The van der Waals surface area contributed by atoms with Gasteiger partial charge in [0.1, 0.15) is 0 Å². The number of nitrogens with one attached hydrogen (secondary N) is 1. The number of hydrogen-bond donors (Lipinski definition) is 1. The van der Waals surface area contributed by atoms with Crippen LogP contribution >= 0.6 is 34.7 Å². The van der Waals surface area contributed by atoms with E-state index in [1.807, 2.05) is 24.3 Å². The highest BCUT2D eigenvalue weighted by Crippen LogP contribution is 2.47. The Morgan fingerprint density at radius 2 is 2.00 bits per heavy atom. The van der Waals surface area contributed by atoms with Crippen LogP contribution in [0.2, 0.25) is 5.02 Å². The van der Waals surface area contributed by atoms with E-state index in [0.717, 1.165) is 33.2 Å². The fraction of sp³-hybridized carbons (Fsp3) is 0.0667. The average Bonchev–Trinajstić information content (AvgIpc) is 2.92. The number of H-pyrrole nitrogens is 1. The van der Waals surface area contributed by atoms with Crippen molar-refractivity contribution in [3.63, 3.8) is 0 Å². The first-order valence-electron chi connectivity index (χ1n) is 6.32. The van der Waals surface area contributed by atoms with Crippen LogP contribution < -0.4 is 5.56 Å². The molecule has 6 heteroatoms. The second-order valence-corrected chi connectivity index (χ2v) is 7.45. The molecule has 0 bridgehead atoms. The first-order valence-corrected chi connectivity index (χ1v) is 8.50. The van der Waals surface area contributed by atoms with Gasteiger partial charge in [0.15, 0.2) is 0 Å². The van der Waals surface area contributed by atoms with Gasteiger partial charge in [-0.1, -0.05) is 23.7 Å². The highest BCUT2D eigenvalue weighted by Gasteiger charge is 2.22. The molecule has 1 aromatic carbocycles. The van der Waals surface area contributed by atoms with Crippen molar-refractivity contribution in [3.8, 4) is 21.7 Å². The lowest BCUT2D eigenvalue weighted by Gasteiger charge is -2.12. The van der Waals surface area contributed by atoms with Crippen molar-refractivity contribution in [2.75, 3.05) is 0 Å². The number of hydrogen-bond acceptors (Lipinski definition) is 4. The average molecular weight is 333 g/mol. The van der Waals surface area contributed by atoms with Gasteiger partial charge in [0, 0.05) is 27.3 Å². The molecule has 1 aliphatic rings. The molecule has 0 radical (unpaired) electrons. The molecule has 1 N–H and O–H groups in total. The number of aromatic amines is 1. The molecule has 3 heterocycles. The van der Waals surface area contributed by atoms with E-state index in [1.54, 1.807) is 29.2 Å². The minimum atomic E-state index is -0.147. The second kappa shape index (κ2) is 5.02. The van der Waals surface area contributed by atoms with Gasteiger partial charge in [-0.2, -0.15) is 5.10 Å². The van der Waals surface area contributed by atoms with Gasteiger partial charge >= 0.3 is 0 Å². The minimum Gasteiger partial charge on any atom is -0.268 e. The van der Waals surface area contributed by atoms with Gasteiger partial charge in [-0.15, -0.1) is 23.1 Å². The Morgan fingerprint density at radius 1 is 1.19 bits per heavy atom. The van der Waals surface area contributed by atoms with Crippen LogP contribution in [0.25, 0.3) is 21.7 Å². The number of thiophene rings is 1. The molecule has 0 atom stereocenters. The van der Waals surface area contributed by atoms with Crippen LogP contribution in [0.1, 0.15) is 5.56 Å². The lowest BCUT2D eigenvalue weighted by Crippen LogP contribution is -2.11. The van der Waals surface area contributed by atoms with Crippen LogP contribution in [-0.4, -0.2) is 10.2 Å². The molecule has 0 spiro atoms. The second-order valence-electron chi connectivity index (χ2n) is 4.71. The number of aromatic nitrogens is 2. The zero-order chi connectivity index (χ0) is 14.4. The Labute approximate surface area is 134 Å². The fourth-order valence-corrected chi connectivity index (χ4v) is 4.85. The first-order chi connectivity index (χ1) is 10.2. The van der Waals surface area contributed by atoms with Crippen LogP contribution in [0.5, 0.6) is 0 Å². The van der Waals surface area contributed by atoms with E-state index >= 15 is 0 Å². The number of benzene rings is 1. The number of nitrogens with zero attached hydrogens (tertiary/aromatic N) is 1. The monoisotopic (exact) mass is 332 g/mol. The largest absolute Gasteiger partial charge is 0.268 e. The minimum absolute atomic E-state index is 0.147. The highest BCUT2D eigenvalue weighted by atomic mass is 35.5. The smallest absolute Gasteiger partial charge is 0.264 e. The molecule has 3 nitrogen and oxygen atoms in total. The number of rotatable bonds is 1. The van der Waals surface area contributed by atoms with E-state index in [-0.39, 0.29) is 5.56 Å². The van der Waals surface area contributed by atoms with Gasteiger partial charge in [-0.25, -0.2) is 5.10 Å². The molecular weight excluding hydrogens is 324 g/mol. The molecule has 0 aliphatic carbocycles. The molecule has 0 saturated heterocycles. The van der Waals surface area contributed by atoms with Crippen LogP contribution in [-0.2, 0) is 5.75 Å². The Kier molecular flexibility index (Phi) is 3.14. The van der Waals surface area contributed by atoms with E-state index in [2.05, 4.69) is 16.3 Å². The van der Waals surface area contributed by atoms with Crippen molar-refractivity contribution >= 4 is 34.7 Å². The zero-order valence-electron chi connectivity index (χ0n) is 10.7. The van der Waals surface area contributed by atoms with Gasteiger partial charge in [-0.05, 0) is 29.3 Å². The molecule has 0 saturated carbocycles. The third-order valence-corrected chi connectivity index (χ3v) is 6.10. The van der Waals surface area contributed by atoms with Gasteiger partial charge in [0.25, 0.3) is 5.56 Å². The quantitative estimate of drug-likeness (QED) is 0.717. The first kappa shape index (κ1) is 13.1. The maximum Gasteiger partial charge on any atom is 0.264 e. The van der Waals surface area contributed by atoms with E-state index in [4.69, 9.17) is 11.6 Å². The van der Waals surface area contributed by atoms with Crippen LogP contribution in [0.3, 0.4) is 0 Å². The summed E-state index contributed by atoms with van der Waals surface area (Å²) in [6.45, 7) is 0. The van der Waals surface area contributed by atoms with Gasteiger partial charge < -0.3 is 0 Å².